The molecule has 0 aliphatic carbocycles. The van der Waals surface area contributed by atoms with E-state index < -0.39 is 11.9 Å². The second-order valence-corrected chi connectivity index (χ2v) is 5.55. The van der Waals surface area contributed by atoms with Gasteiger partial charge >= 0.3 is 11.9 Å². The van der Waals surface area contributed by atoms with Crippen LogP contribution in [0.5, 0.6) is 11.5 Å². The van der Waals surface area contributed by atoms with E-state index in [4.69, 9.17) is 14.2 Å². The molecule has 1 aromatic carbocycles. The van der Waals surface area contributed by atoms with Crippen molar-refractivity contribution in [1.29, 1.82) is 0 Å². The van der Waals surface area contributed by atoms with Crippen LogP contribution in [-0.4, -0.2) is 30.1 Å². The van der Waals surface area contributed by atoms with Gasteiger partial charge in [0.1, 0.15) is 22.9 Å². The Hall–Kier alpha value is -2.89. The van der Waals surface area contributed by atoms with E-state index in [-0.39, 0.29) is 18.0 Å². The molecule has 0 radical (unpaired) electrons. The van der Waals surface area contributed by atoms with E-state index in [9.17, 15) is 9.59 Å². The molecule has 1 aromatic heterocycles. The summed E-state index contributed by atoms with van der Waals surface area (Å²) < 4.78 is 15.8. The molecular weight excluding hydrogens is 334 g/mol. The van der Waals surface area contributed by atoms with E-state index >= 15 is 0 Å². The van der Waals surface area contributed by atoms with Gasteiger partial charge in [0.2, 0.25) is 0 Å². The molecule has 2 rings (SSSR count). The van der Waals surface area contributed by atoms with E-state index in [1.54, 1.807) is 37.3 Å². The Labute approximate surface area is 153 Å². The number of unbranched alkanes of at least 4 members (excludes halogenated alkanes) is 2. The van der Waals surface area contributed by atoms with Crippen LogP contribution < -0.4 is 9.47 Å². The van der Waals surface area contributed by atoms with Gasteiger partial charge in [0, 0.05) is 0 Å². The fraction of sp³-hybridized carbons (Fsp3) is 0.350. The van der Waals surface area contributed by atoms with Gasteiger partial charge in [-0.25, -0.2) is 14.6 Å². The summed E-state index contributed by atoms with van der Waals surface area (Å²) in [6, 6.07) is 11.3. The average Bonchev–Trinajstić information content (AvgIpc) is 2.67. The number of rotatable bonds is 9. The van der Waals surface area contributed by atoms with E-state index in [0.29, 0.717) is 12.4 Å². The Balaban J connectivity index is 1.95. The molecule has 0 spiro atoms. The SMILES string of the molecule is CCCCCOc1ccc(OC(=O)c2cccc(C(=O)OCC)n2)cc1. The second kappa shape index (κ2) is 10.2. The molecule has 0 aliphatic rings. The maximum Gasteiger partial charge on any atom is 0.362 e. The monoisotopic (exact) mass is 357 g/mol. The van der Waals surface area contributed by atoms with E-state index in [0.717, 1.165) is 25.0 Å². The zero-order valence-electron chi connectivity index (χ0n) is 15.1. The van der Waals surface area contributed by atoms with Gasteiger partial charge in [-0.3, -0.25) is 0 Å². The fourth-order valence-electron chi connectivity index (χ4n) is 2.17. The lowest BCUT2D eigenvalue weighted by Crippen LogP contribution is -2.14. The number of esters is 2. The predicted octanol–water partition coefficient (Wildman–Crippen LogP) is 4.05. The maximum absolute atomic E-state index is 12.2. The van der Waals surface area contributed by atoms with E-state index in [2.05, 4.69) is 11.9 Å². The quantitative estimate of drug-likeness (QED) is 0.383. The van der Waals surface area contributed by atoms with Crippen molar-refractivity contribution in [3.05, 3.63) is 53.9 Å². The molecule has 6 nitrogen and oxygen atoms in total. The third kappa shape index (κ3) is 5.88. The summed E-state index contributed by atoms with van der Waals surface area (Å²) in [5, 5.41) is 0. The Kier molecular flexibility index (Phi) is 7.61. The summed E-state index contributed by atoms with van der Waals surface area (Å²) in [6.45, 7) is 4.74. The number of ether oxygens (including phenoxy) is 3. The molecule has 0 bridgehead atoms. The largest absolute Gasteiger partial charge is 0.494 e. The number of carbonyl (C=O) groups is 2. The Bertz CT molecular complexity index is 727. The minimum atomic E-state index is -0.646. The van der Waals surface area contributed by atoms with Crippen molar-refractivity contribution < 1.29 is 23.8 Å². The van der Waals surface area contributed by atoms with Gasteiger partial charge in [-0.2, -0.15) is 0 Å². The van der Waals surface area contributed by atoms with Crippen molar-refractivity contribution in [3.63, 3.8) is 0 Å². The molecule has 0 fully saturated rings. The highest BCUT2D eigenvalue weighted by Crippen LogP contribution is 2.19. The second-order valence-electron chi connectivity index (χ2n) is 5.55. The lowest BCUT2D eigenvalue weighted by atomic mass is 10.2. The molecule has 0 aliphatic heterocycles. The number of pyridine rings is 1. The molecule has 0 atom stereocenters. The van der Waals surface area contributed by atoms with Crippen LogP contribution in [0.2, 0.25) is 0 Å². The van der Waals surface area contributed by atoms with Crippen LogP contribution in [-0.2, 0) is 4.74 Å². The smallest absolute Gasteiger partial charge is 0.362 e. The molecule has 138 valence electrons. The summed E-state index contributed by atoms with van der Waals surface area (Å²) in [7, 11) is 0. The zero-order chi connectivity index (χ0) is 18.8. The predicted molar refractivity (Wildman–Crippen MR) is 96.6 cm³/mol. The van der Waals surface area contributed by atoms with Crippen LogP contribution in [0.15, 0.2) is 42.5 Å². The van der Waals surface area contributed by atoms with Gasteiger partial charge < -0.3 is 14.2 Å². The number of nitrogens with zero attached hydrogens (tertiary/aromatic N) is 1. The summed E-state index contributed by atoms with van der Waals surface area (Å²) >= 11 is 0. The third-order valence-electron chi connectivity index (χ3n) is 3.49. The van der Waals surface area contributed by atoms with Crippen molar-refractivity contribution in [3.8, 4) is 11.5 Å². The number of hydrogen-bond donors (Lipinski definition) is 0. The molecule has 26 heavy (non-hydrogen) atoms. The first-order valence-corrected chi connectivity index (χ1v) is 8.73. The number of hydrogen-bond acceptors (Lipinski definition) is 6. The first-order valence-electron chi connectivity index (χ1n) is 8.73. The number of aromatic nitrogens is 1. The van der Waals surface area contributed by atoms with Crippen molar-refractivity contribution in [2.45, 2.75) is 33.1 Å². The highest BCUT2D eigenvalue weighted by Gasteiger charge is 2.14. The molecule has 1 heterocycles. The number of benzene rings is 1. The maximum atomic E-state index is 12.2. The normalized spacial score (nSPS) is 10.2. The lowest BCUT2D eigenvalue weighted by molar-refractivity contribution is 0.0519. The molecule has 2 aromatic rings. The van der Waals surface area contributed by atoms with Gasteiger partial charge in [0.25, 0.3) is 0 Å². The van der Waals surface area contributed by atoms with Crippen LogP contribution in [0, 0.1) is 0 Å². The summed E-state index contributed by atoms with van der Waals surface area (Å²) in [4.78, 5) is 27.9. The lowest BCUT2D eigenvalue weighted by Gasteiger charge is -2.08. The highest BCUT2D eigenvalue weighted by molar-refractivity contribution is 5.92. The molecule has 0 saturated carbocycles. The first kappa shape index (κ1) is 19.4. The molecular formula is C20H23NO5. The van der Waals surface area contributed by atoms with Crippen LogP contribution in [0.4, 0.5) is 0 Å². The van der Waals surface area contributed by atoms with Gasteiger partial charge in [-0.05, 0) is 49.7 Å². The third-order valence-corrected chi connectivity index (χ3v) is 3.49. The van der Waals surface area contributed by atoms with Gasteiger partial charge in [0.15, 0.2) is 0 Å². The minimum Gasteiger partial charge on any atom is -0.494 e. The van der Waals surface area contributed by atoms with Crippen LogP contribution in [0.3, 0.4) is 0 Å². The highest BCUT2D eigenvalue weighted by atomic mass is 16.5. The Morgan fingerprint density at radius 3 is 2.19 bits per heavy atom. The average molecular weight is 357 g/mol. The van der Waals surface area contributed by atoms with Crippen molar-refractivity contribution in [2.24, 2.45) is 0 Å². The molecule has 0 amide bonds. The van der Waals surface area contributed by atoms with Crippen molar-refractivity contribution in [1.82, 2.24) is 4.98 Å². The van der Waals surface area contributed by atoms with E-state index in [1.807, 2.05) is 0 Å². The molecule has 0 N–H and O–H groups in total. The van der Waals surface area contributed by atoms with Gasteiger partial charge in [-0.1, -0.05) is 25.8 Å². The minimum absolute atomic E-state index is 0.0374. The van der Waals surface area contributed by atoms with Crippen molar-refractivity contribution in [2.75, 3.05) is 13.2 Å². The van der Waals surface area contributed by atoms with Crippen LogP contribution >= 0.6 is 0 Å². The standard InChI is InChI=1S/C20H23NO5/c1-3-5-6-14-25-15-10-12-16(13-11-15)26-20(23)18-9-7-8-17(21-18)19(22)24-4-2/h7-13H,3-6,14H2,1-2H3. The summed E-state index contributed by atoms with van der Waals surface area (Å²) in [5.74, 6) is -0.123. The Morgan fingerprint density at radius 1 is 0.885 bits per heavy atom. The zero-order valence-corrected chi connectivity index (χ0v) is 15.1. The van der Waals surface area contributed by atoms with Crippen LogP contribution in [0.25, 0.3) is 0 Å². The van der Waals surface area contributed by atoms with Gasteiger partial charge in [-0.15, -0.1) is 0 Å². The first-order chi connectivity index (χ1) is 12.6. The number of carbonyl (C=O) groups excluding carboxylic acids is 2. The molecule has 0 saturated heterocycles. The fourth-order valence-corrected chi connectivity index (χ4v) is 2.17. The van der Waals surface area contributed by atoms with Crippen LogP contribution in [0.1, 0.15) is 54.1 Å². The Morgan fingerprint density at radius 2 is 1.54 bits per heavy atom. The summed E-state index contributed by atoms with van der Waals surface area (Å²) in [5.41, 5.74) is 0.104. The molecule has 0 unspecified atom stereocenters. The molecule has 6 heteroatoms. The summed E-state index contributed by atoms with van der Waals surface area (Å²) in [6.07, 6.45) is 3.28. The van der Waals surface area contributed by atoms with Gasteiger partial charge in [0.05, 0.1) is 13.2 Å². The van der Waals surface area contributed by atoms with Crippen molar-refractivity contribution >= 4 is 11.9 Å². The van der Waals surface area contributed by atoms with E-state index in [1.165, 1.54) is 12.1 Å². The topological polar surface area (TPSA) is 74.7 Å².